The molecule has 0 saturated carbocycles. The number of anilines is 3. The van der Waals surface area contributed by atoms with Gasteiger partial charge in [0.15, 0.2) is 0 Å². The van der Waals surface area contributed by atoms with Gasteiger partial charge < -0.3 is 20.7 Å². The van der Waals surface area contributed by atoms with E-state index < -0.39 is 0 Å². The Bertz CT molecular complexity index is 589. The minimum absolute atomic E-state index is 0.119. The number of rotatable bonds is 14. The van der Waals surface area contributed by atoms with Crippen molar-refractivity contribution < 1.29 is 9.53 Å². The molecule has 28 heavy (non-hydrogen) atoms. The second-order valence-corrected chi connectivity index (χ2v) is 7.72. The highest BCUT2D eigenvalue weighted by Gasteiger charge is 2.19. The maximum absolute atomic E-state index is 11.6. The van der Waals surface area contributed by atoms with E-state index in [2.05, 4.69) is 31.0 Å². The van der Waals surface area contributed by atoms with Gasteiger partial charge in [0, 0.05) is 26.1 Å². The Labute approximate surface area is 172 Å². The van der Waals surface area contributed by atoms with Crippen LogP contribution in [-0.2, 0) is 4.79 Å². The molecule has 1 atom stereocenters. The van der Waals surface area contributed by atoms with Crippen LogP contribution in [0.5, 0.6) is 5.75 Å². The molecule has 0 aliphatic carbocycles. The Morgan fingerprint density at radius 3 is 2.43 bits per heavy atom. The lowest BCUT2D eigenvalue weighted by Crippen LogP contribution is -2.31. The number of unbranched alkanes of at least 4 members (excludes halogenated alkanes) is 4. The second kappa shape index (κ2) is 13.3. The molecule has 0 fully saturated rings. The number of nitrogens with one attached hydrogen (secondary N) is 1. The van der Waals surface area contributed by atoms with E-state index in [1.165, 1.54) is 51.9 Å². The van der Waals surface area contributed by atoms with Crippen LogP contribution in [0, 0.1) is 5.92 Å². The lowest BCUT2D eigenvalue weighted by molar-refractivity contribution is -0.114. The van der Waals surface area contributed by atoms with E-state index in [0.717, 1.165) is 30.9 Å². The van der Waals surface area contributed by atoms with Gasteiger partial charge in [0.2, 0.25) is 5.91 Å². The van der Waals surface area contributed by atoms with Gasteiger partial charge in [0.25, 0.3) is 0 Å². The number of hydrogen-bond acceptors (Lipinski definition) is 4. The number of nitrogens with zero attached hydrogens (tertiary/aromatic N) is 1. The first kappa shape index (κ1) is 24.1. The third-order valence-electron chi connectivity index (χ3n) is 5.31. The highest BCUT2D eigenvalue weighted by atomic mass is 16.5. The molecule has 3 N–H and O–H groups in total. The smallest absolute Gasteiger partial charge is 0.221 e. The van der Waals surface area contributed by atoms with Crippen molar-refractivity contribution in [2.24, 2.45) is 5.92 Å². The highest BCUT2D eigenvalue weighted by Crippen LogP contribution is 2.37. The first-order valence-corrected chi connectivity index (χ1v) is 11.0. The molecule has 1 rings (SSSR count). The van der Waals surface area contributed by atoms with Gasteiger partial charge in [-0.3, -0.25) is 4.79 Å². The normalized spacial score (nSPS) is 11.9. The van der Waals surface area contributed by atoms with Crippen molar-refractivity contribution >= 4 is 23.0 Å². The number of amides is 1. The number of carbonyl (C=O) groups excluding carboxylic acids is 1. The summed E-state index contributed by atoms with van der Waals surface area (Å²) in [5.74, 6) is 1.30. The molecule has 0 heterocycles. The summed E-state index contributed by atoms with van der Waals surface area (Å²) in [6.45, 7) is 10.3. The van der Waals surface area contributed by atoms with E-state index in [1.54, 1.807) is 7.11 Å². The van der Waals surface area contributed by atoms with Gasteiger partial charge in [-0.25, -0.2) is 0 Å². The highest BCUT2D eigenvalue weighted by molar-refractivity contribution is 5.94. The maximum atomic E-state index is 11.6. The SMILES string of the molecule is CCCCCCN(CC(CC)CCCC)c1cc(NC(C)=O)c(N)cc1OC. The van der Waals surface area contributed by atoms with Gasteiger partial charge >= 0.3 is 0 Å². The lowest BCUT2D eigenvalue weighted by Gasteiger charge is -2.31. The lowest BCUT2D eigenvalue weighted by atomic mass is 9.98. The molecular weight excluding hydrogens is 350 g/mol. The minimum atomic E-state index is -0.119. The van der Waals surface area contributed by atoms with Crippen molar-refractivity contribution in [1.82, 2.24) is 0 Å². The zero-order valence-corrected chi connectivity index (χ0v) is 18.6. The largest absolute Gasteiger partial charge is 0.495 e. The van der Waals surface area contributed by atoms with E-state index in [9.17, 15) is 4.79 Å². The summed E-state index contributed by atoms with van der Waals surface area (Å²) >= 11 is 0. The van der Waals surface area contributed by atoms with Gasteiger partial charge in [-0.2, -0.15) is 0 Å². The van der Waals surface area contributed by atoms with E-state index in [4.69, 9.17) is 10.5 Å². The number of nitrogen functional groups attached to an aromatic ring is 1. The number of nitrogens with two attached hydrogens (primary N) is 1. The monoisotopic (exact) mass is 391 g/mol. The van der Waals surface area contributed by atoms with E-state index in [1.807, 2.05) is 12.1 Å². The Morgan fingerprint density at radius 2 is 1.86 bits per heavy atom. The summed E-state index contributed by atoms with van der Waals surface area (Å²) in [6.07, 6.45) is 9.77. The first-order valence-electron chi connectivity index (χ1n) is 11.0. The van der Waals surface area contributed by atoms with Gasteiger partial charge in [0.1, 0.15) is 5.75 Å². The second-order valence-electron chi connectivity index (χ2n) is 7.72. The zero-order chi connectivity index (χ0) is 20.9. The van der Waals surface area contributed by atoms with Crippen LogP contribution < -0.4 is 20.7 Å². The summed E-state index contributed by atoms with van der Waals surface area (Å²) in [6, 6.07) is 3.80. The molecule has 0 saturated heterocycles. The molecule has 0 radical (unpaired) electrons. The molecule has 1 aromatic rings. The van der Waals surface area contributed by atoms with Crippen LogP contribution in [-0.4, -0.2) is 26.1 Å². The van der Waals surface area contributed by atoms with Crippen molar-refractivity contribution in [3.63, 3.8) is 0 Å². The Kier molecular flexibility index (Phi) is 11.5. The Balaban J connectivity index is 3.15. The van der Waals surface area contributed by atoms with Crippen molar-refractivity contribution in [2.45, 2.75) is 79.1 Å². The number of methoxy groups -OCH3 is 1. The fourth-order valence-corrected chi connectivity index (χ4v) is 3.56. The van der Waals surface area contributed by atoms with E-state index in [-0.39, 0.29) is 5.91 Å². The molecule has 1 aromatic carbocycles. The summed E-state index contributed by atoms with van der Waals surface area (Å²) in [5.41, 5.74) is 8.34. The van der Waals surface area contributed by atoms with Crippen LogP contribution in [0.25, 0.3) is 0 Å². The van der Waals surface area contributed by atoms with Crippen LogP contribution in [0.4, 0.5) is 17.1 Å². The Morgan fingerprint density at radius 1 is 1.14 bits per heavy atom. The number of benzene rings is 1. The van der Waals surface area contributed by atoms with Crippen molar-refractivity contribution in [3.8, 4) is 5.75 Å². The summed E-state index contributed by atoms with van der Waals surface area (Å²) in [7, 11) is 1.68. The summed E-state index contributed by atoms with van der Waals surface area (Å²) < 4.78 is 5.66. The molecule has 0 aliphatic rings. The van der Waals surface area contributed by atoms with Crippen molar-refractivity contribution in [3.05, 3.63) is 12.1 Å². The molecule has 0 aliphatic heterocycles. The molecule has 0 spiro atoms. The Hall–Kier alpha value is -1.91. The predicted octanol–water partition coefficient (Wildman–Crippen LogP) is 5.84. The van der Waals surface area contributed by atoms with Crippen LogP contribution >= 0.6 is 0 Å². The third-order valence-corrected chi connectivity index (χ3v) is 5.31. The molecule has 0 aromatic heterocycles. The number of carbonyl (C=O) groups is 1. The minimum Gasteiger partial charge on any atom is -0.495 e. The molecule has 5 heteroatoms. The average Bonchev–Trinajstić information content (AvgIpc) is 2.67. The zero-order valence-electron chi connectivity index (χ0n) is 18.6. The van der Waals surface area contributed by atoms with Gasteiger partial charge in [0.05, 0.1) is 24.2 Å². The van der Waals surface area contributed by atoms with Crippen molar-refractivity contribution in [1.29, 1.82) is 0 Å². The van der Waals surface area contributed by atoms with E-state index >= 15 is 0 Å². The first-order chi connectivity index (χ1) is 13.5. The average molecular weight is 392 g/mol. The van der Waals surface area contributed by atoms with Crippen LogP contribution in [0.3, 0.4) is 0 Å². The van der Waals surface area contributed by atoms with E-state index in [0.29, 0.717) is 17.3 Å². The van der Waals surface area contributed by atoms with Crippen LogP contribution in [0.1, 0.15) is 79.1 Å². The third kappa shape index (κ3) is 7.99. The van der Waals surface area contributed by atoms with Crippen molar-refractivity contribution in [2.75, 3.05) is 36.1 Å². The quantitative estimate of drug-likeness (QED) is 0.309. The topological polar surface area (TPSA) is 67.6 Å². The predicted molar refractivity (Wildman–Crippen MR) is 121 cm³/mol. The van der Waals surface area contributed by atoms with Gasteiger partial charge in [-0.05, 0) is 24.8 Å². The molecule has 160 valence electrons. The van der Waals surface area contributed by atoms with Crippen LogP contribution in [0.2, 0.25) is 0 Å². The molecule has 1 unspecified atom stereocenters. The molecule has 5 nitrogen and oxygen atoms in total. The van der Waals surface area contributed by atoms with Gasteiger partial charge in [-0.15, -0.1) is 0 Å². The van der Waals surface area contributed by atoms with Gasteiger partial charge in [-0.1, -0.05) is 59.3 Å². The number of ether oxygens (including phenoxy) is 1. The fourth-order valence-electron chi connectivity index (χ4n) is 3.56. The fraction of sp³-hybridized carbons (Fsp3) is 0.696. The standard InChI is InChI=1S/C23H41N3O2/c1-6-9-11-12-14-26(17-19(8-3)13-10-7-2)22-16-21(25-18(4)27)20(24)15-23(22)28-5/h15-16,19H,6-14,17,24H2,1-5H3,(H,25,27). The summed E-state index contributed by atoms with van der Waals surface area (Å²) in [5, 5.41) is 2.85. The maximum Gasteiger partial charge on any atom is 0.221 e. The molecular formula is C23H41N3O2. The molecule has 0 bridgehead atoms. The summed E-state index contributed by atoms with van der Waals surface area (Å²) in [4.78, 5) is 14.0. The van der Waals surface area contributed by atoms with Crippen LogP contribution in [0.15, 0.2) is 12.1 Å². The molecule has 1 amide bonds. The number of hydrogen-bond donors (Lipinski definition) is 2.